The van der Waals surface area contributed by atoms with Gasteiger partial charge in [-0.1, -0.05) is 17.3 Å². The minimum atomic E-state index is -4.04. The highest BCUT2D eigenvalue weighted by atomic mass is 32.2. The molecule has 29 heavy (non-hydrogen) atoms. The molecule has 1 aliphatic rings. The summed E-state index contributed by atoms with van der Waals surface area (Å²) >= 11 is 0. The number of ether oxygens (including phenoxy) is 2. The van der Waals surface area contributed by atoms with Gasteiger partial charge in [-0.2, -0.15) is 4.72 Å². The number of hydrazine groups is 1. The highest BCUT2D eigenvalue weighted by molar-refractivity contribution is 7.89. The second-order valence-electron chi connectivity index (χ2n) is 6.34. The first kappa shape index (κ1) is 20.6. The van der Waals surface area contributed by atoms with Crippen LogP contribution in [0.15, 0.2) is 33.7 Å². The number of carbonyl (C=O) groups is 2. The van der Waals surface area contributed by atoms with Crippen molar-refractivity contribution >= 4 is 21.8 Å². The molecule has 1 unspecified atom stereocenters. The zero-order valence-corrected chi connectivity index (χ0v) is 16.7. The molecule has 0 saturated heterocycles. The molecule has 0 bridgehead atoms. The van der Waals surface area contributed by atoms with E-state index in [0.29, 0.717) is 11.5 Å². The van der Waals surface area contributed by atoms with Gasteiger partial charge in [0, 0.05) is 0 Å². The topological polar surface area (TPSA) is 149 Å². The third-order valence-corrected chi connectivity index (χ3v) is 5.86. The van der Waals surface area contributed by atoms with Crippen molar-refractivity contribution in [1.82, 2.24) is 20.7 Å². The molecule has 12 heteroatoms. The molecule has 156 valence electrons. The Morgan fingerprint density at radius 1 is 1.17 bits per heavy atom. The van der Waals surface area contributed by atoms with Gasteiger partial charge in [0.15, 0.2) is 17.3 Å². The second-order valence-corrected chi connectivity index (χ2v) is 7.99. The fourth-order valence-electron chi connectivity index (χ4n) is 2.66. The first-order valence-corrected chi connectivity index (χ1v) is 10.1. The fourth-order valence-corrected chi connectivity index (χ4v) is 4.20. The molecular weight excluding hydrogens is 404 g/mol. The maximum Gasteiger partial charge on any atom is 0.283 e. The van der Waals surface area contributed by atoms with Gasteiger partial charge in [-0.3, -0.25) is 20.4 Å². The number of hydrogen-bond donors (Lipinski definition) is 3. The van der Waals surface area contributed by atoms with Gasteiger partial charge < -0.3 is 14.0 Å². The van der Waals surface area contributed by atoms with Crippen molar-refractivity contribution in [3.05, 3.63) is 35.7 Å². The minimum Gasteiger partial charge on any atom is -0.485 e. The van der Waals surface area contributed by atoms with Gasteiger partial charge in [0.25, 0.3) is 11.8 Å². The van der Waals surface area contributed by atoms with Gasteiger partial charge in [-0.25, -0.2) is 8.42 Å². The Balaban J connectivity index is 1.55. The van der Waals surface area contributed by atoms with E-state index in [0.717, 1.165) is 0 Å². The summed E-state index contributed by atoms with van der Waals surface area (Å²) in [5.41, 5.74) is 4.53. The number of benzene rings is 1. The Hall–Kier alpha value is -3.12. The lowest BCUT2D eigenvalue weighted by Gasteiger charge is -2.25. The van der Waals surface area contributed by atoms with Gasteiger partial charge in [0.1, 0.15) is 17.2 Å². The molecule has 1 aromatic carbocycles. The molecule has 0 radical (unpaired) electrons. The number of aromatic nitrogens is 1. The van der Waals surface area contributed by atoms with Gasteiger partial charge in [-0.15, -0.1) is 0 Å². The normalized spacial score (nSPS) is 16.7. The number of hydrogen-bond acceptors (Lipinski definition) is 8. The smallest absolute Gasteiger partial charge is 0.283 e. The van der Waals surface area contributed by atoms with Gasteiger partial charge in [0.2, 0.25) is 16.1 Å². The average molecular weight is 424 g/mol. The number of nitrogens with one attached hydrogen (secondary N) is 3. The van der Waals surface area contributed by atoms with Crippen molar-refractivity contribution in [2.75, 3.05) is 6.61 Å². The van der Waals surface area contributed by atoms with Crippen LogP contribution in [-0.4, -0.2) is 44.1 Å². The van der Waals surface area contributed by atoms with Gasteiger partial charge in [0.05, 0.1) is 6.04 Å². The quantitative estimate of drug-likeness (QED) is 0.566. The van der Waals surface area contributed by atoms with E-state index >= 15 is 0 Å². The number of nitrogens with zero attached hydrogens (tertiary/aromatic N) is 1. The number of aryl methyl sites for hydroxylation is 2. The van der Waals surface area contributed by atoms with Gasteiger partial charge in [-0.05, 0) is 32.9 Å². The van der Waals surface area contributed by atoms with Crippen LogP contribution in [0.5, 0.6) is 11.5 Å². The van der Waals surface area contributed by atoms with Crippen LogP contribution in [0.1, 0.15) is 18.4 Å². The molecule has 0 spiro atoms. The molecule has 0 saturated carbocycles. The molecule has 2 heterocycles. The van der Waals surface area contributed by atoms with Crippen LogP contribution in [-0.2, 0) is 19.6 Å². The predicted octanol–water partition coefficient (Wildman–Crippen LogP) is -0.0544. The highest BCUT2D eigenvalue weighted by Crippen LogP contribution is 2.30. The van der Waals surface area contributed by atoms with Crippen LogP contribution in [0.25, 0.3) is 0 Å². The summed E-state index contributed by atoms with van der Waals surface area (Å²) in [4.78, 5) is 24.3. The summed E-state index contributed by atoms with van der Waals surface area (Å²) in [6, 6.07) is 5.68. The number of sulfonamides is 1. The zero-order valence-electron chi connectivity index (χ0n) is 15.9. The average Bonchev–Trinajstić information content (AvgIpc) is 3.04. The van der Waals surface area contributed by atoms with E-state index < -0.39 is 34.0 Å². The minimum absolute atomic E-state index is 0.0348. The number of para-hydroxylation sites is 2. The molecule has 1 aliphatic heterocycles. The lowest BCUT2D eigenvalue weighted by atomic mass is 10.2. The van der Waals surface area contributed by atoms with E-state index in [4.69, 9.17) is 14.0 Å². The standard InChI is InChI=1S/C17H20N4O7S/c1-9-15(11(3)28-20-9)29(24,25)21-10(2)16(22)18-19-17(23)14-8-26-12-6-4-5-7-13(12)27-14/h4-7,10,14,21H,8H2,1-3H3,(H,18,22)(H,19,23)/t10-,14?/m0/s1. The van der Waals surface area contributed by atoms with Crippen molar-refractivity contribution in [3.8, 4) is 11.5 Å². The lowest BCUT2D eigenvalue weighted by molar-refractivity contribution is -0.135. The molecule has 1 aromatic heterocycles. The first-order valence-electron chi connectivity index (χ1n) is 8.62. The van der Waals surface area contributed by atoms with E-state index in [9.17, 15) is 18.0 Å². The molecule has 2 aromatic rings. The second kappa shape index (κ2) is 8.09. The Kier molecular flexibility index (Phi) is 5.75. The van der Waals surface area contributed by atoms with Gasteiger partial charge >= 0.3 is 0 Å². The molecule has 0 fully saturated rings. The van der Waals surface area contributed by atoms with Crippen LogP contribution < -0.4 is 25.0 Å². The summed E-state index contributed by atoms with van der Waals surface area (Å²) in [5, 5.41) is 3.58. The number of amides is 2. The van der Waals surface area contributed by atoms with E-state index in [1.165, 1.54) is 20.8 Å². The summed E-state index contributed by atoms with van der Waals surface area (Å²) in [6.45, 7) is 4.21. The first-order chi connectivity index (χ1) is 13.7. The van der Waals surface area contributed by atoms with Crippen molar-refractivity contribution in [3.63, 3.8) is 0 Å². The predicted molar refractivity (Wildman–Crippen MR) is 98.4 cm³/mol. The summed E-state index contributed by atoms with van der Waals surface area (Å²) in [6.07, 6.45) is -0.973. The fraction of sp³-hybridized carbons (Fsp3) is 0.353. The van der Waals surface area contributed by atoms with Crippen molar-refractivity contribution in [2.45, 2.75) is 37.8 Å². The molecule has 11 nitrogen and oxygen atoms in total. The maximum atomic E-state index is 12.4. The van der Waals surface area contributed by atoms with E-state index in [1.807, 2.05) is 0 Å². The molecular formula is C17H20N4O7S. The van der Waals surface area contributed by atoms with Crippen LogP contribution in [0.4, 0.5) is 0 Å². The molecule has 2 amide bonds. The van der Waals surface area contributed by atoms with Crippen molar-refractivity contribution in [1.29, 1.82) is 0 Å². The summed E-state index contributed by atoms with van der Waals surface area (Å²) in [5.74, 6) is -0.390. The Bertz CT molecular complexity index is 1010. The molecule has 3 N–H and O–H groups in total. The summed E-state index contributed by atoms with van der Waals surface area (Å²) in [7, 11) is -4.04. The Labute approximate surface area is 166 Å². The van der Waals surface area contributed by atoms with E-state index in [-0.39, 0.29) is 23.0 Å². The monoisotopic (exact) mass is 424 g/mol. The molecule has 3 rings (SSSR count). The third kappa shape index (κ3) is 4.49. The van der Waals surface area contributed by atoms with E-state index in [2.05, 4.69) is 20.7 Å². The molecule has 2 atom stereocenters. The largest absolute Gasteiger partial charge is 0.485 e. The van der Waals surface area contributed by atoms with Crippen LogP contribution in [0, 0.1) is 13.8 Å². The number of rotatable bonds is 5. The zero-order chi connectivity index (χ0) is 21.2. The third-order valence-electron chi connectivity index (χ3n) is 4.07. The van der Waals surface area contributed by atoms with Crippen LogP contribution >= 0.6 is 0 Å². The van der Waals surface area contributed by atoms with E-state index in [1.54, 1.807) is 24.3 Å². The molecule has 0 aliphatic carbocycles. The maximum absolute atomic E-state index is 12.4. The summed E-state index contributed by atoms with van der Waals surface area (Å²) < 4.78 is 42.9. The Morgan fingerprint density at radius 2 is 1.86 bits per heavy atom. The number of fused-ring (bicyclic) bond motifs is 1. The number of carbonyl (C=O) groups excluding carboxylic acids is 2. The van der Waals surface area contributed by atoms with Crippen molar-refractivity contribution in [2.24, 2.45) is 0 Å². The highest BCUT2D eigenvalue weighted by Gasteiger charge is 2.30. The van der Waals surface area contributed by atoms with Crippen LogP contribution in [0.3, 0.4) is 0 Å². The van der Waals surface area contributed by atoms with Crippen LogP contribution in [0.2, 0.25) is 0 Å². The lowest BCUT2D eigenvalue weighted by Crippen LogP contribution is -2.55. The SMILES string of the molecule is Cc1noc(C)c1S(=O)(=O)N[C@@H](C)C(=O)NNC(=O)C1COc2ccccc2O1. The Morgan fingerprint density at radius 3 is 2.52 bits per heavy atom. The van der Waals surface area contributed by atoms with Crippen molar-refractivity contribution < 1.29 is 32.0 Å².